The maximum Gasteiger partial charge on any atom is 0.430 e. The van der Waals surface area contributed by atoms with Crippen molar-refractivity contribution >= 4 is 23.2 Å². The number of rotatable bonds is 6. The number of alkyl halides is 7. The predicted molar refractivity (Wildman–Crippen MR) is 141 cm³/mol. The van der Waals surface area contributed by atoms with E-state index in [1.54, 1.807) is 0 Å². The number of carbonyl (C=O) groups is 2. The van der Waals surface area contributed by atoms with Crippen molar-refractivity contribution in [1.82, 2.24) is 15.2 Å². The number of hydrogen-bond acceptors (Lipinski definition) is 6. The summed E-state index contributed by atoms with van der Waals surface area (Å²) in [6.07, 6.45) is -13.5. The highest BCUT2D eigenvalue weighted by molar-refractivity contribution is 7.17. The fourth-order valence-corrected chi connectivity index (χ4v) is 5.18. The van der Waals surface area contributed by atoms with Crippen molar-refractivity contribution in [1.29, 1.82) is 0 Å². The smallest absolute Gasteiger partial charge is 0.389 e. The molecule has 234 valence electrons. The van der Waals surface area contributed by atoms with E-state index < -0.39 is 58.2 Å². The number of aromatic nitrogens is 1. The maximum absolute atomic E-state index is 13.9. The minimum absolute atomic E-state index is 0.0119. The van der Waals surface area contributed by atoms with Gasteiger partial charge in [-0.25, -0.2) is 9.37 Å². The number of aliphatic hydroxyl groups is 2. The number of piperidine rings is 1. The van der Waals surface area contributed by atoms with Crippen LogP contribution < -0.4 is 5.32 Å². The SMILES string of the molecule is CC(C)(O)CNC(=O)c1nc(C(=O)N2CCC(F)CC2)c(-c2cc(C(C)(C)C)cc(C(O)(C(F)(F)F)C(F)(F)F)c2)s1. The van der Waals surface area contributed by atoms with Gasteiger partial charge in [-0.05, 0) is 55.4 Å². The molecule has 3 rings (SSSR count). The van der Waals surface area contributed by atoms with Crippen molar-refractivity contribution in [3.63, 3.8) is 0 Å². The molecule has 2 amide bonds. The zero-order chi connectivity index (χ0) is 32.1. The van der Waals surface area contributed by atoms with Gasteiger partial charge in [0.05, 0.1) is 10.5 Å². The number of likely N-dealkylation sites (tertiary alicyclic amines) is 1. The molecule has 7 nitrogen and oxygen atoms in total. The largest absolute Gasteiger partial charge is 0.430 e. The summed E-state index contributed by atoms with van der Waals surface area (Å²) in [7, 11) is 0. The fraction of sp³-hybridized carbons (Fsp3) is 0.593. The van der Waals surface area contributed by atoms with E-state index in [9.17, 15) is 50.5 Å². The summed E-state index contributed by atoms with van der Waals surface area (Å²) in [5.41, 5.74) is -9.89. The molecular weight excluding hydrogens is 595 g/mol. The number of nitrogens with zero attached hydrogens (tertiary/aromatic N) is 2. The summed E-state index contributed by atoms with van der Waals surface area (Å²) in [6, 6.07) is 2.36. The third kappa shape index (κ3) is 7.05. The van der Waals surface area contributed by atoms with Gasteiger partial charge in [-0.2, -0.15) is 26.3 Å². The van der Waals surface area contributed by atoms with Crippen LogP contribution in [-0.4, -0.2) is 75.7 Å². The number of halogens is 7. The Morgan fingerprint density at radius 3 is 1.95 bits per heavy atom. The van der Waals surface area contributed by atoms with Crippen LogP contribution in [0.2, 0.25) is 0 Å². The third-order valence-corrected chi connectivity index (χ3v) is 7.82. The first kappa shape index (κ1) is 33.7. The van der Waals surface area contributed by atoms with Crippen molar-refractivity contribution < 1.29 is 50.5 Å². The molecule has 0 unspecified atom stereocenters. The summed E-state index contributed by atoms with van der Waals surface area (Å²) >= 11 is 0.547. The molecule has 0 atom stereocenters. The van der Waals surface area contributed by atoms with Crippen molar-refractivity contribution in [3.8, 4) is 10.4 Å². The summed E-state index contributed by atoms with van der Waals surface area (Å²) < 4.78 is 97.0. The Morgan fingerprint density at radius 2 is 1.48 bits per heavy atom. The number of hydrogen-bond donors (Lipinski definition) is 3. The Labute approximate surface area is 241 Å². The van der Waals surface area contributed by atoms with E-state index >= 15 is 0 Å². The second kappa shape index (κ2) is 11.4. The van der Waals surface area contributed by atoms with Crippen LogP contribution in [0.25, 0.3) is 10.4 Å². The second-order valence-corrected chi connectivity index (χ2v) is 12.9. The van der Waals surface area contributed by atoms with Crippen LogP contribution in [0.3, 0.4) is 0 Å². The van der Waals surface area contributed by atoms with Crippen molar-refractivity contribution in [2.45, 2.75) is 82.6 Å². The van der Waals surface area contributed by atoms with E-state index in [0.29, 0.717) is 23.5 Å². The van der Waals surface area contributed by atoms with Gasteiger partial charge >= 0.3 is 12.4 Å². The van der Waals surface area contributed by atoms with Crippen LogP contribution in [-0.2, 0) is 11.0 Å². The average molecular weight is 628 g/mol. The molecule has 15 heteroatoms. The van der Waals surface area contributed by atoms with E-state index in [1.807, 2.05) is 0 Å². The molecule has 3 N–H and O–H groups in total. The Balaban J connectivity index is 2.28. The van der Waals surface area contributed by atoms with Gasteiger partial charge in [-0.3, -0.25) is 9.59 Å². The molecule has 1 aromatic heterocycles. The molecule has 1 fully saturated rings. The van der Waals surface area contributed by atoms with Crippen molar-refractivity contribution in [2.75, 3.05) is 19.6 Å². The number of thiazole rings is 1. The lowest BCUT2D eigenvalue weighted by Crippen LogP contribution is -2.54. The number of nitrogens with one attached hydrogen (secondary N) is 1. The molecular formula is C27H32F7N3O4S. The predicted octanol–water partition coefficient (Wildman–Crippen LogP) is 5.49. The lowest BCUT2D eigenvalue weighted by molar-refractivity contribution is -0.376. The molecule has 1 aliphatic rings. The van der Waals surface area contributed by atoms with Gasteiger partial charge in [0.25, 0.3) is 17.4 Å². The summed E-state index contributed by atoms with van der Waals surface area (Å²) in [6.45, 7) is 7.14. The molecule has 0 bridgehead atoms. The van der Waals surface area contributed by atoms with Crippen LogP contribution in [0.4, 0.5) is 30.7 Å². The monoisotopic (exact) mass is 627 g/mol. The fourth-order valence-electron chi connectivity index (χ4n) is 4.22. The maximum atomic E-state index is 13.9. The van der Waals surface area contributed by atoms with Crippen molar-refractivity contribution in [2.24, 2.45) is 0 Å². The zero-order valence-electron chi connectivity index (χ0n) is 23.5. The highest BCUT2D eigenvalue weighted by Gasteiger charge is 2.71. The van der Waals surface area contributed by atoms with E-state index in [1.165, 1.54) is 45.6 Å². The highest BCUT2D eigenvalue weighted by Crippen LogP contribution is 2.51. The third-order valence-electron chi connectivity index (χ3n) is 6.72. The minimum Gasteiger partial charge on any atom is -0.389 e. The molecule has 1 aromatic carbocycles. The molecule has 1 saturated heterocycles. The van der Waals surface area contributed by atoms with Crippen molar-refractivity contribution in [3.05, 3.63) is 40.0 Å². The zero-order valence-corrected chi connectivity index (χ0v) is 24.3. The van der Waals surface area contributed by atoms with Crippen LogP contribution >= 0.6 is 11.3 Å². The lowest BCUT2D eigenvalue weighted by Gasteiger charge is -2.34. The normalized spacial score (nSPS) is 16.1. The number of amides is 2. The molecule has 2 aromatic rings. The first-order chi connectivity index (χ1) is 19.0. The minimum atomic E-state index is -6.16. The molecule has 2 heterocycles. The van der Waals surface area contributed by atoms with E-state index in [-0.39, 0.29) is 53.5 Å². The van der Waals surface area contributed by atoms with Gasteiger partial charge < -0.3 is 20.4 Å². The molecule has 1 aliphatic heterocycles. The summed E-state index contributed by atoms with van der Waals surface area (Å²) in [4.78, 5) is 31.5. The first-order valence-corrected chi connectivity index (χ1v) is 13.7. The van der Waals surface area contributed by atoms with E-state index in [0.717, 1.165) is 0 Å². The molecule has 0 radical (unpaired) electrons. The van der Waals surface area contributed by atoms with Crippen LogP contribution in [0, 0.1) is 0 Å². The Hall–Kier alpha value is -2.78. The Kier molecular flexibility index (Phi) is 9.13. The summed E-state index contributed by atoms with van der Waals surface area (Å²) in [5.74, 6) is -1.64. The van der Waals surface area contributed by atoms with Gasteiger partial charge in [0.15, 0.2) is 5.01 Å². The number of carbonyl (C=O) groups excluding carboxylic acids is 2. The van der Waals surface area contributed by atoms with E-state index in [4.69, 9.17) is 0 Å². The number of benzene rings is 1. The van der Waals surface area contributed by atoms with Gasteiger partial charge in [0.2, 0.25) is 0 Å². The molecule has 0 saturated carbocycles. The van der Waals surface area contributed by atoms with Gasteiger partial charge in [-0.15, -0.1) is 11.3 Å². The second-order valence-electron chi connectivity index (χ2n) is 11.9. The Morgan fingerprint density at radius 1 is 0.952 bits per heavy atom. The summed E-state index contributed by atoms with van der Waals surface area (Å²) in [5, 5.41) is 22.2. The van der Waals surface area contributed by atoms with Gasteiger partial charge in [0, 0.05) is 25.2 Å². The van der Waals surface area contributed by atoms with Crippen LogP contribution in [0.5, 0.6) is 0 Å². The molecule has 42 heavy (non-hydrogen) atoms. The standard InChI is InChI=1S/C27H32F7N3O4S/c1-23(2,3)15-10-14(11-16(12-15)25(41,26(29,30)31)27(32,33)34)19-18(22(39)37-8-6-17(28)7-9-37)36-21(42-19)20(38)35-13-24(4,5)40/h10-12,17,40-41H,6-9,13H2,1-5H3,(H,35,38). The molecule has 0 spiro atoms. The van der Waals surface area contributed by atoms with Crippen LogP contribution in [0.15, 0.2) is 18.2 Å². The molecule has 0 aliphatic carbocycles. The average Bonchev–Trinajstić information content (AvgIpc) is 3.30. The first-order valence-electron chi connectivity index (χ1n) is 12.9. The van der Waals surface area contributed by atoms with E-state index in [2.05, 4.69) is 10.3 Å². The quantitative estimate of drug-likeness (QED) is 0.368. The lowest BCUT2D eigenvalue weighted by atomic mass is 9.81. The van der Waals surface area contributed by atoms with Crippen LogP contribution in [0.1, 0.15) is 78.9 Å². The van der Waals surface area contributed by atoms with Gasteiger partial charge in [0.1, 0.15) is 11.9 Å². The topological polar surface area (TPSA) is 103 Å². The van der Waals surface area contributed by atoms with Gasteiger partial charge in [-0.1, -0.05) is 26.8 Å². The highest BCUT2D eigenvalue weighted by atomic mass is 32.1. The Bertz CT molecular complexity index is 1300.